The number of nitrogens with one attached hydrogen (secondary N) is 1. The zero-order valence-electron chi connectivity index (χ0n) is 20.1. The van der Waals surface area contributed by atoms with E-state index >= 15 is 0 Å². The molecule has 0 saturated heterocycles. The van der Waals surface area contributed by atoms with Gasteiger partial charge in [0.1, 0.15) is 0 Å². The van der Waals surface area contributed by atoms with E-state index in [1.807, 2.05) is 64.0 Å². The number of carboxylic acids is 1. The molecule has 0 radical (unpaired) electrons. The number of anilines is 1. The monoisotopic (exact) mass is 446 g/mol. The van der Waals surface area contributed by atoms with Crippen LogP contribution in [0, 0.1) is 11.8 Å². The molecule has 0 fully saturated rings. The number of carbonyl (C=O) groups excluding carboxylic acids is 2. The summed E-state index contributed by atoms with van der Waals surface area (Å²) in [6.45, 7) is 7.64. The van der Waals surface area contributed by atoms with Crippen molar-refractivity contribution in [2.24, 2.45) is 11.8 Å². The summed E-state index contributed by atoms with van der Waals surface area (Å²) in [6.07, 6.45) is 8.11. The molecule has 0 heterocycles. The summed E-state index contributed by atoms with van der Waals surface area (Å²) in [6, 6.07) is 7.43. The van der Waals surface area contributed by atoms with Gasteiger partial charge in [0.05, 0.1) is 5.92 Å². The number of Topliss-reactive ketones (excluding diaryl/α,β-unsaturated/α-hetero) is 1. The molecule has 1 rings (SSSR count). The van der Waals surface area contributed by atoms with Crippen LogP contribution in [-0.4, -0.2) is 42.1 Å². The van der Waals surface area contributed by atoms with Crippen molar-refractivity contribution in [2.45, 2.75) is 53.4 Å². The molecule has 32 heavy (non-hydrogen) atoms. The number of rotatable bonds is 11. The number of hydrogen-bond acceptors (Lipinski definition) is 5. The maximum Gasteiger partial charge on any atom is 0.306 e. The molecule has 1 aromatic carbocycles. The molecule has 7 nitrogen and oxygen atoms in total. The van der Waals surface area contributed by atoms with Gasteiger partial charge in [0.2, 0.25) is 0 Å². The summed E-state index contributed by atoms with van der Waals surface area (Å²) in [5.41, 5.74) is 3.97. The summed E-state index contributed by atoms with van der Waals surface area (Å²) < 4.78 is 0. The number of hydroxylamine groups is 1. The Morgan fingerprint density at radius 3 is 1.97 bits per heavy atom. The highest BCUT2D eigenvalue weighted by Crippen LogP contribution is 2.17. The number of ketones is 1. The average molecular weight is 447 g/mol. The van der Waals surface area contributed by atoms with E-state index in [2.05, 4.69) is 0 Å². The van der Waals surface area contributed by atoms with Crippen LogP contribution in [0.4, 0.5) is 5.69 Å². The van der Waals surface area contributed by atoms with Crippen molar-refractivity contribution in [3.8, 4) is 0 Å². The topological polar surface area (TPSA) is 107 Å². The highest BCUT2D eigenvalue weighted by atomic mass is 16.5. The molecule has 0 aliphatic heterocycles. The van der Waals surface area contributed by atoms with Crippen molar-refractivity contribution >= 4 is 23.3 Å². The van der Waals surface area contributed by atoms with Gasteiger partial charge in [-0.1, -0.05) is 51.3 Å². The maximum atomic E-state index is 12.4. The highest BCUT2D eigenvalue weighted by Gasteiger charge is 2.14. The van der Waals surface area contributed by atoms with Crippen LogP contribution in [0.25, 0.3) is 0 Å². The van der Waals surface area contributed by atoms with Gasteiger partial charge in [-0.15, -0.1) is 0 Å². The maximum absolute atomic E-state index is 12.4. The zero-order chi connectivity index (χ0) is 24.7. The predicted molar refractivity (Wildman–Crippen MR) is 128 cm³/mol. The third-order valence-electron chi connectivity index (χ3n) is 4.83. The zero-order valence-corrected chi connectivity index (χ0v) is 20.1. The molecular weight excluding hydrogens is 408 g/mol. The molecule has 0 aliphatic rings. The van der Waals surface area contributed by atoms with Crippen molar-refractivity contribution in [1.82, 2.24) is 5.48 Å². The molecular formula is C25H38N2O5. The Bertz CT molecular complexity index is 776. The first-order valence-electron chi connectivity index (χ1n) is 10.9. The third-order valence-corrected chi connectivity index (χ3v) is 4.83. The Morgan fingerprint density at radius 1 is 1.03 bits per heavy atom. The summed E-state index contributed by atoms with van der Waals surface area (Å²) in [4.78, 5) is 35.7. The third kappa shape index (κ3) is 11.5. The minimum atomic E-state index is -0.635. The number of benzene rings is 1. The molecule has 0 unspecified atom stereocenters. The Labute approximate surface area is 191 Å². The first kappa shape index (κ1) is 29.1. The fraction of sp³-hybridized carbons (Fsp3) is 0.480. The molecule has 0 aliphatic carbocycles. The standard InChI is InChI=1S/C17H22N2O3.C8H16O2/c1-12(5-10-16(20)18-22)11-13(2)17(21)14-6-8-15(9-7-14)19(3)4;1-3-5-7(6-4-2)8(9)10/h5-11,13,22H,1-4H3,(H,18,20);7H,3-6H2,1-2H3,(H,9,10)/b10-5+,12-11+;/t13-;/m1./s1. The Hall–Kier alpha value is -2.93. The number of carboxylic acid groups (broad SMARTS) is 1. The van der Waals surface area contributed by atoms with Crippen LogP contribution >= 0.6 is 0 Å². The minimum Gasteiger partial charge on any atom is -0.481 e. The van der Waals surface area contributed by atoms with Crippen LogP contribution < -0.4 is 10.4 Å². The van der Waals surface area contributed by atoms with Gasteiger partial charge in [-0.2, -0.15) is 0 Å². The van der Waals surface area contributed by atoms with E-state index in [4.69, 9.17) is 10.3 Å². The second-order valence-corrected chi connectivity index (χ2v) is 7.93. The lowest BCUT2D eigenvalue weighted by molar-refractivity contribution is -0.142. The fourth-order valence-corrected chi connectivity index (χ4v) is 3.04. The summed E-state index contributed by atoms with van der Waals surface area (Å²) >= 11 is 0. The Kier molecular flexibility index (Phi) is 14.4. The fourth-order valence-electron chi connectivity index (χ4n) is 3.04. The molecule has 1 atom stereocenters. The SMILES string of the molecule is CC(/C=C/C(=O)NO)=C\[C@@H](C)C(=O)c1ccc(N(C)C)cc1.CCCC(CCC)C(=O)O. The predicted octanol–water partition coefficient (Wildman–Crippen LogP) is 4.87. The quantitative estimate of drug-likeness (QED) is 0.147. The summed E-state index contributed by atoms with van der Waals surface area (Å²) in [5, 5.41) is 17.0. The number of nitrogens with zero attached hydrogens (tertiary/aromatic N) is 1. The van der Waals surface area contributed by atoms with Crippen LogP contribution in [-0.2, 0) is 9.59 Å². The van der Waals surface area contributed by atoms with Crippen LogP contribution in [0.2, 0.25) is 0 Å². The molecule has 3 N–H and O–H groups in total. The van der Waals surface area contributed by atoms with E-state index in [0.29, 0.717) is 5.56 Å². The average Bonchev–Trinajstić information content (AvgIpc) is 2.77. The molecule has 0 saturated carbocycles. The van der Waals surface area contributed by atoms with E-state index in [1.54, 1.807) is 19.1 Å². The smallest absolute Gasteiger partial charge is 0.306 e. The second kappa shape index (κ2) is 15.8. The molecule has 0 spiro atoms. The van der Waals surface area contributed by atoms with Crippen molar-refractivity contribution in [3.63, 3.8) is 0 Å². The van der Waals surface area contributed by atoms with Gasteiger partial charge >= 0.3 is 5.97 Å². The Morgan fingerprint density at radius 2 is 1.56 bits per heavy atom. The van der Waals surface area contributed by atoms with Gasteiger partial charge in [-0.3, -0.25) is 19.6 Å². The van der Waals surface area contributed by atoms with Crippen molar-refractivity contribution in [1.29, 1.82) is 0 Å². The van der Waals surface area contributed by atoms with E-state index < -0.39 is 11.9 Å². The van der Waals surface area contributed by atoms with Crippen LogP contribution in [0.3, 0.4) is 0 Å². The van der Waals surface area contributed by atoms with Crippen LogP contribution in [0.5, 0.6) is 0 Å². The van der Waals surface area contributed by atoms with Crippen LogP contribution in [0.15, 0.2) is 48.1 Å². The Balaban J connectivity index is 0.000000809. The van der Waals surface area contributed by atoms with Crippen molar-refractivity contribution < 1.29 is 24.7 Å². The summed E-state index contributed by atoms with van der Waals surface area (Å²) in [7, 11) is 3.89. The van der Waals surface area contributed by atoms with E-state index in [-0.39, 0.29) is 17.6 Å². The number of hydrogen-bond donors (Lipinski definition) is 3. The lowest BCUT2D eigenvalue weighted by Crippen LogP contribution is -2.15. The van der Waals surface area contributed by atoms with E-state index in [1.165, 1.54) is 11.6 Å². The number of aliphatic carboxylic acids is 1. The highest BCUT2D eigenvalue weighted by molar-refractivity contribution is 5.99. The van der Waals surface area contributed by atoms with Gasteiger partial charge < -0.3 is 10.0 Å². The minimum absolute atomic E-state index is 0.0182. The van der Waals surface area contributed by atoms with E-state index in [0.717, 1.165) is 36.9 Å². The first-order chi connectivity index (χ1) is 15.1. The van der Waals surface area contributed by atoms with Gasteiger partial charge in [0, 0.05) is 37.3 Å². The molecule has 1 aromatic rings. The normalized spacial score (nSPS) is 12.2. The van der Waals surface area contributed by atoms with Gasteiger partial charge in [-0.05, 0) is 44.0 Å². The molecule has 1 amide bonds. The van der Waals surface area contributed by atoms with E-state index in [9.17, 15) is 14.4 Å². The lowest BCUT2D eigenvalue weighted by Gasteiger charge is -2.13. The first-order valence-corrected chi connectivity index (χ1v) is 10.9. The van der Waals surface area contributed by atoms with Crippen molar-refractivity contribution in [3.05, 3.63) is 53.6 Å². The summed E-state index contributed by atoms with van der Waals surface area (Å²) in [5.74, 6) is -1.62. The van der Waals surface area contributed by atoms with Gasteiger partial charge in [0.15, 0.2) is 5.78 Å². The largest absolute Gasteiger partial charge is 0.481 e. The van der Waals surface area contributed by atoms with Crippen LogP contribution in [0.1, 0.15) is 63.7 Å². The molecule has 0 bridgehead atoms. The molecule has 0 aromatic heterocycles. The van der Waals surface area contributed by atoms with Gasteiger partial charge in [0.25, 0.3) is 5.91 Å². The molecule has 178 valence electrons. The van der Waals surface area contributed by atoms with Crippen molar-refractivity contribution in [2.75, 3.05) is 19.0 Å². The number of allylic oxidation sites excluding steroid dienone is 3. The van der Waals surface area contributed by atoms with Gasteiger partial charge in [-0.25, -0.2) is 5.48 Å². The second-order valence-electron chi connectivity index (χ2n) is 7.93. The number of carbonyl (C=O) groups is 3. The lowest BCUT2D eigenvalue weighted by atomic mass is 9.97. The molecule has 7 heteroatoms. The number of amides is 1.